The zero-order valence-corrected chi connectivity index (χ0v) is 31.1. The van der Waals surface area contributed by atoms with E-state index in [4.69, 9.17) is 28.8 Å². The SMILES string of the molecule is c1ccc(-c2ccc(-c3nc4ccc(-c5ccc6oc7cccc(-c8nc(-c9ccccc9)nc(-c9cccc(-c%10ccccc%10)c9)n8)c7c6c5)cc4o3)cc2)cc1. The monoisotopic (exact) mass is 744 g/mol. The Morgan fingerprint density at radius 3 is 1.59 bits per heavy atom. The predicted molar refractivity (Wildman–Crippen MR) is 233 cm³/mol. The van der Waals surface area contributed by atoms with Crippen LogP contribution in [0.15, 0.2) is 203 Å². The van der Waals surface area contributed by atoms with E-state index in [1.165, 1.54) is 5.56 Å². The largest absolute Gasteiger partial charge is 0.456 e. The summed E-state index contributed by atoms with van der Waals surface area (Å²) in [5.41, 5.74) is 13.2. The number of benzene rings is 8. The van der Waals surface area contributed by atoms with Crippen molar-refractivity contribution in [2.24, 2.45) is 0 Å². The highest BCUT2D eigenvalue weighted by atomic mass is 16.3. The van der Waals surface area contributed by atoms with Gasteiger partial charge in [-0.3, -0.25) is 0 Å². The zero-order valence-electron chi connectivity index (χ0n) is 31.1. The van der Waals surface area contributed by atoms with Crippen molar-refractivity contribution in [1.82, 2.24) is 19.9 Å². The Morgan fingerprint density at radius 2 is 0.828 bits per heavy atom. The van der Waals surface area contributed by atoms with Gasteiger partial charge in [-0.2, -0.15) is 0 Å². The lowest BCUT2D eigenvalue weighted by Gasteiger charge is -2.10. The van der Waals surface area contributed by atoms with Crippen LogP contribution >= 0.6 is 0 Å². The first kappa shape index (κ1) is 33.4. The van der Waals surface area contributed by atoms with E-state index >= 15 is 0 Å². The summed E-state index contributed by atoms with van der Waals surface area (Å²) in [6, 6.07) is 65.9. The highest BCUT2D eigenvalue weighted by Crippen LogP contribution is 2.39. The van der Waals surface area contributed by atoms with Gasteiger partial charge >= 0.3 is 0 Å². The van der Waals surface area contributed by atoms with E-state index in [0.717, 1.165) is 83.1 Å². The van der Waals surface area contributed by atoms with Gasteiger partial charge in [-0.05, 0) is 81.9 Å². The Hall–Kier alpha value is -7.96. The number of oxazole rings is 1. The minimum Gasteiger partial charge on any atom is -0.456 e. The van der Waals surface area contributed by atoms with E-state index in [9.17, 15) is 0 Å². The molecule has 0 saturated heterocycles. The van der Waals surface area contributed by atoms with E-state index < -0.39 is 0 Å². The predicted octanol–water partition coefficient (Wildman–Crippen LogP) is 13.6. The molecule has 0 atom stereocenters. The van der Waals surface area contributed by atoms with Gasteiger partial charge in [-0.1, -0.05) is 146 Å². The van der Waals surface area contributed by atoms with Gasteiger partial charge in [-0.15, -0.1) is 0 Å². The van der Waals surface area contributed by atoms with Crippen LogP contribution in [0.25, 0.3) is 112 Å². The summed E-state index contributed by atoms with van der Waals surface area (Å²) in [6.07, 6.45) is 0. The summed E-state index contributed by atoms with van der Waals surface area (Å²) in [5.74, 6) is 2.35. The van der Waals surface area contributed by atoms with Crippen LogP contribution < -0.4 is 0 Å². The molecule has 3 aromatic heterocycles. The van der Waals surface area contributed by atoms with Gasteiger partial charge in [0.15, 0.2) is 23.1 Å². The minimum absolute atomic E-state index is 0.570. The number of hydrogen-bond acceptors (Lipinski definition) is 6. The molecule has 11 rings (SSSR count). The van der Waals surface area contributed by atoms with Crippen LogP contribution in [0.5, 0.6) is 0 Å². The number of rotatable bonds is 7. The Labute approximate surface area is 333 Å². The molecular formula is C52H32N4O2. The molecular weight excluding hydrogens is 713 g/mol. The van der Waals surface area contributed by atoms with E-state index in [0.29, 0.717) is 23.4 Å². The molecule has 3 heterocycles. The van der Waals surface area contributed by atoms with E-state index in [-0.39, 0.29) is 0 Å². The van der Waals surface area contributed by atoms with Crippen molar-refractivity contribution in [1.29, 1.82) is 0 Å². The van der Waals surface area contributed by atoms with Crippen molar-refractivity contribution in [3.63, 3.8) is 0 Å². The third-order valence-electron chi connectivity index (χ3n) is 10.6. The van der Waals surface area contributed by atoms with E-state index in [1.807, 2.05) is 91.0 Å². The Morgan fingerprint density at radius 1 is 0.293 bits per heavy atom. The fraction of sp³-hybridized carbons (Fsp3) is 0. The molecule has 11 aromatic rings. The smallest absolute Gasteiger partial charge is 0.227 e. The van der Waals surface area contributed by atoms with Crippen LogP contribution in [0, 0.1) is 0 Å². The third-order valence-corrected chi connectivity index (χ3v) is 10.6. The second kappa shape index (κ2) is 14.0. The van der Waals surface area contributed by atoms with Gasteiger partial charge in [-0.25, -0.2) is 19.9 Å². The average Bonchev–Trinajstić information content (AvgIpc) is 3.91. The molecule has 0 fully saturated rings. The van der Waals surface area contributed by atoms with Crippen LogP contribution in [0.1, 0.15) is 0 Å². The summed E-state index contributed by atoms with van der Waals surface area (Å²) in [4.78, 5) is 20.1. The maximum absolute atomic E-state index is 6.46. The van der Waals surface area contributed by atoms with Crippen LogP contribution in [-0.4, -0.2) is 19.9 Å². The molecule has 272 valence electrons. The topological polar surface area (TPSA) is 77.8 Å². The second-order valence-electron chi connectivity index (χ2n) is 14.3. The Bertz CT molecular complexity index is 3260. The molecule has 0 spiro atoms. The van der Waals surface area contributed by atoms with Gasteiger partial charge in [0.1, 0.15) is 16.7 Å². The third kappa shape index (κ3) is 6.10. The number of nitrogens with zero attached hydrogens (tertiary/aromatic N) is 4. The molecule has 0 amide bonds. The summed E-state index contributed by atoms with van der Waals surface area (Å²) < 4.78 is 12.8. The number of fused-ring (bicyclic) bond motifs is 4. The highest BCUT2D eigenvalue weighted by Gasteiger charge is 2.19. The molecule has 0 aliphatic heterocycles. The lowest BCUT2D eigenvalue weighted by Crippen LogP contribution is -2.00. The first-order valence-electron chi connectivity index (χ1n) is 19.2. The first-order chi connectivity index (χ1) is 28.7. The fourth-order valence-electron chi connectivity index (χ4n) is 7.67. The van der Waals surface area contributed by atoms with Gasteiger partial charge in [0.05, 0.1) is 0 Å². The molecule has 6 heteroatoms. The normalized spacial score (nSPS) is 11.4. The van der Waals surface area contributed by atoms with Crippen LogP contribution in [0.3, 0.4) is 0 Å². The molecule has 6 nitrogen and oxygen atoms in total. The summed E-state index contributed by atoms with van der Waals surface area (Å²) in [7, 11) is 0. The molecule has 0 saturated carbocycles. The molecule has 0 bridgehead atoms. The minimum atomic E-state index is 0.570. The van der Waals surface area contributed by atoms with Crippen molar-refractivity contribution in [2.75, 3.05) is 0 Å². The fourth-order valence-corrected chi connectivity index (χ4v) is 7.67. The van der Waals surface area contributed by atoms with Crippen LogP contribution in [0.2, 0.25) is 0 Å². The van der Waals surface area contributed by atoms with Gasteiger partial charge in [0.2, 0.25) is 5.89 Å². The maximum atomic E-state index is 6.46. The van der Waals surface area contributed by atoms with E-state index in [2.05, 4.69) is 103 Å². The number of furan rings is 1. The van der Waals surface area contributed by atoms with Gasteiger partial charge in [0, 0.05) is 33.0 Å². The summed E-state index contributed by atoms with van der Waals surface area (Å²) in [6.45, 7) is 0. The van der Waals surface area contributed by atoms with Crippen molar-refractivity contribution >= 4 is 33.0 Å². The summed E-state index contributed by atoms with van der Waals surface area (Å²) in [5, 5.41) is 1.91. The van der Waals surface area contributed by atoms with Crippen molar-refractivity contribution in [3.8, 4) is 79.0 Å². The first-order valence-corrected chi connectivity index (χ1v) is 19.2. The number of hydrogen-bond donors (Lipinski definition) is 0. The Balaban J connectivity index is 0.999. The van der Waals surface area contributed by atoms with Crippen molar-refractivity contribution in [3.05, 3.63) is 194 Å². The highest BCUT2D eigenvalue weighted by molar-refractivity contribution is 6.13. The van der Waals surface area contributed by atoms with Crippen LogP contribution in [0.4, 0.5) is 0 Å². The number of aromatic nitrogens is 4. The van der Waals surface area contributed by atoms with E-state index in [1.54, 1.807) is 0 Å². The lowest BCUT2D eigenvalue weighted by molar-refractivity contribution is 0.620. The molecule has 0 radical (unpaired) electrons. The van der Waals surface area contributed by atoms with Crippen LogP contribution in [-0.2, 0) is 0 Å². The molecule has 8 aromatic carbocycles. The molecule has 0 aliphatic rings. The average molecular weight is 745 g/mol. The Kier molecular flexibility index (Phi) is 8.04. The molecule has 0 aliphatic carbocycles. The second-order valence-corrected chi connectivity index (χ2v) is 14.3. The maximum Gasteiger partial charge on any atom is 0.227 e. The molecule has 58 heavy (non-hydrogen) atoms. The molecule has 0 N–H and O–H groups in total. The summed E-state index contributed by atoms with van der Waals surface area (Å²) >= 11 is 0. The van der Waals surface area contributed by atoms with Crippen molar-refractivity contribution in [2.45, 2.75) is 0 Å². The molecule has 0 unspecified atom stereocenters. The zero-order chi connectivity index (χ0) is 38.4. The lowest BCUT2D eigenvalue weighted by atomic mass is 10.00. The quantitative estimate of drug-likeness (QED) is 0.162. The van der Waals surface area contributed by atoms with Gasteiger partial charge < -0.3 is 8.83 Å². The van der Waals surface area contributed by atoms with Gasteiger partial charge in [0.25, 0.3) is 0 Å². The standard InChI is InChI=1S/C52H32N4O2/c1-4-12-33(13-5-1)35-22-24-37(25-23-35)52-53-44-28-26-40(32-47(44)58-52)39-27-29-45-43(31-39)48-42(20-11-21-46(48)57-45)51-55-49(36-16-8-3-9-17-36)54-50(56-51)41-19-10-18-38(30-41)34-14-6-2-7-15-34/h1-32H. The van der Waals surface area contributed by atoms with Crippen molar-refractivity contribution < 1.29 is 8.83 Å².